The fraction of sp³-hybridized carbons (Fsp3) is 0.643. The molecule has 1 fully saturated rings. The number of nitrogens with zero attached hydrogens (tertiary/aromatic N) is 1. The number of carbonyl (C=O) groups is 1. The number of likely N-dealkylation sites (N-methyl/N-ethyl adjacent to an activating group) is 1. The van der Waals surface area contributed by atoms with Gasteiger partial charge in [0.05, 0.1) is 12.6 Å². The Morgan fingerprint density at radius 2 is 2.16 bits per heavy atom. The van der Waals surface area contributed by atoms with Crippen molar-refractivity contribution in [2.24, 2.45) is 0 Å². The van der Waals surface area contributed by atoms with Crippen LogP contribution in [0.3, 0.4) is 0 Å². The number of aliphatic hydroxyl groups excluding tert-OH is 1. The van der Waals surface area contributed by atoms with Crippen LogP contribution in [0, 0.1) is 6.92 Å². The van der Waals surface area contributed by atoms with Crippen molar-refractivity contribution >= 4 is 5.97 Å². The highest BCUT2D eigenvalue weighted by Gasteiger charge is 2.27. The van der Waals surface area contributed by atoms with Crippen LogP contribution < -0.4 is 0 Å². The van der Waals surface area contributed by atoms with Crippen LogP contribution in [-0.2, 0) is 6.54 Å². The second-order valence-electron chi connectivity index (χ2n) is 5.36. The molecular weight excluding hydrogens is 246 g/mol. The Morgan fingerprint density at radius 3 is 2.74 bits per heavy atom. The lowest BCUT2D eigenvalue weighted by Gasteiger charge is -2.34. The average Bonchev–Trinajstić information content (AvgIpc) is 2.70. The first-order valence-corrected chi connectivity index (χ1v) is 6.70. The summed E-state index contributed by atoms with van der Waals surface area (Å²) in [6.45, 7) is 2.25. The van der Waals surface area contributed by atoms with E-state index in [-0.39, 0.29) is 17.9 Å². The van der Waals surface area contributed by atoms with Gasteiger partial charge in [0.2, 0.25) is 5.76 Å². The quantitative estimate of drug-likeness (QED) is 0.873. The molecule has 5 nitrogen and oxygen atoms in total. The van der Waals surface area contributed by atoms with Gasteiger partial charge in [0, 0.05) is 11.6 Å². The van der Waals surface area contributed by atoms with Gasteiger partial charge in [-0.25, -0.2) is 4.79 Å². The first-order chi connectivity index (χ1) is 8.99. The van der Waals surface area contributed by atoms with Crippen LogP contribution in [-0.4, -0.2) is 40.3 Å². The van der Waals surface area contributed by atoms with E-state index in [1.807, 2.05) is 11.9 Å². The summed E-state index contributed by atoms with van der Waals surface area (Å²) < 4.78 is 5.35. The van der Waals surface area contributed by atoms with Crippen LogP contribution >= 0.6 is 0 Å². The molecule has 5 heteroatoms. The first kappa shape index (κ1) is 14.1. The molecule has 2 unspecified atom stereocenters. The lowest BCUT2D eigenvalue weighted by molar-refractivity contribution is 0.0258. The van der Waals surface area contributed by atoms with Crippen LogP contribution in [0.5, 0.6) is 0 Å². The van der Waals surface area contributed by atoms with Crippen LogP contribution in [0.15, 0.2) is 10.5 Å². The minimum atomic E-state index is -1.04. The zero-order valence-electron chi connectivity index (χ0n) is 11.4. The fourth-order valence-electron chi connectivity index (χ4n) is 2.81. The average molecular weight is 267 g/mol. The van der Waals surface area contributed by atoms with Crippen molar-refractivity contribution in [3.05, 3.63) is 23.2 Å². The minimum absolute atomic E-state index is 0.00703. The van der Waals surface area contributed by atoms with Crippen molar-refractivity contribution in [3.8, 4) is 0 Å². The monoisotopic (exact) mass is 267 g/mol. The van der Waals surface area contributed by atoms with E-state index in [4.69, 9.17) is 9.52 Å². The van der Waals surface area contributed by atoms with E-state index >= 15 is 0 Å². The Labute approximate surface area is 112 Å². The number of hydrogen-bond donors (Lipinski definition) is 2. The highest BCUT2D eigenvalue weighted by molar-refractivity contribution is 5.86. The van der Waals surface area contributed by atoms with Gasteiger partial charge in [-0.2, -0.15) is 0 Å². The molecule has 0 aliphatic heterocycles. The van der Waals surface area contributed by atoms with Gasteiger partial charge >= 0.3 is 5.97 Å². The molecule has 1 aromatic rings. The SMILES string of the molecule is Cc1cc(CN(C)C2CCCCC2O)oc1C(=O)O. The summed E-state index contributed by atoms with van der Waals surface area (Å²) in [4.78, 5) is 13.0. The molecule has 2 rings (SSSR count). The number of aromatic carboxylic acids is 1. The molecule has 1 saturated carbocycles. The molecule has 0 aromatic carbocycles. The molecular formula is C14H21NO4. The zero-order valence-corrected chi connectivity index (χ0v) is 11.4. The van der Waals surface area contributed by atoms with E-state index in [0.29, 0.717) is 17.9 Å². The van der Waals surface area contributed by atoms with E-state index in [1.54, 1.807) is 13.0 Å². The van der Waals surface area contributed by atoms with E-state index < -0.39 is 5.97 Å². The highest BCUT2D eigenvalue weighted by Crippen LogP contribution is 2.24. The van der Waals surface area contributed by atoms with Crippen molar-refractivity contribution < 1.29 is 19.4 Å². The lowest BCUT2D eigenvalue weighted by Crippen LogP contribution is -2.42. The number of hydrogen-bond acceptors (Lipinski definition) is 4. The molecule has 1 aliphatic carbocycles. The topological polar surface area (TPSA) is 73.9 Å². The number of carboxylic acid groups (broad SMARTS) is 1. The summed E-state index contributed by atoms with van der Waals surface area (Å²) >= 11 is 0. The Hall–Kier alpha value is -1.33. The van der Waals surface area contributed by atoms with Gasteiger partial charge in [-0.1, -0.05) is 12.8 Å². The summed E-state index contributed by atoms with van der Waals surface area (Å²) in [7, 11) is 1.94. The molecule has 1 heterocycles. The second-order valence-corrected chi connectivity index (χ2v) is 5.36. The van der Waals surface area contributed by atoms with Crippen molar-refractivity contribution in [3.63, 3.8) is 0 Å². The largest absolute Gasteiger partial charge is 0.475 e. The smallest absolute Gasteiger partial charge is 0.372 e. The third-order valence-corrected chi connectivity index (χ3v) is 3.83. The molecule has 1 aromatic heterocycles. The summed E-state index contributed by atoms with van der Waals surface area (Å²) in [6.07, 6.45) is 3.72. The molecule has 2 N–H and O–H groups in total. The number of carboxylic acids is 1. The van der Waals surface area contributed by atoms with Crippen molar-refractivity contribution in [1.29, 1.82) is 0 Å². The predicted octanol–water partition coefficient (Wildman–Crippen LogP) is 2.02. The zero-order chi connectivity index (χ0) is 14.0. The molecule has 1 aliphatic rings. The van der Waals surface area contributed by atoms with E-state index in [2.05, 4.69) is 0 Å². The maximum Gasteiger partial charge on any atom is 0.372 e. The Bertz CT molecular complexity index is 454. The lowest BCUT2D eigenvalue weighted by atomic mass is 9.91. The maximum atomic E-state index is 10.9. The second kappa shape index (κ2) is 5.75. The standard InChI is InChI=1S/C14H21NO4/c1-9-7-10(19-13(9)14(17)18)8-15(2)11-5-3-4-6-12(11)16/h7,11-12,16H,3-6,8H2,1-2H3,(H,17,18). The number of rotatable bonds is 4. The molecule has 0 spiro atoms. The number of furan rings is 1. The molecule has 106 valence electrons. The van der Waals surface area contributed by atoms with Gasteiger partial charge in [0.1, 0.15) is 5.76 Å². The molecule has 0 radical (unpaired) electrons. The minimum Gasteiger partial charge on any atom is -0.475 e. The van der Waals surface area contributed by atoms with E-state index in [9.17, 15) is 9.90 Å². The molecule has 0 amide bonds. The fourth-order valence-corrected chi connectivity index (χ4v) is 2.81. The Kier molecular flexibility index (Phi) is 4.27. The van der Waals surface area contributed by atoms with Crippen LogP contribution in [0.1, 0.15) is 47.6 Å². The van der Waals surface area contributed by atoms with Gasteiger partial charge in [-0.3, -0.25) is 4.90 Å². The van der Waals surface area contributed by atoms with Crippen LogP contribution in [0.2, 0.25) is 0 Å². The van der Waals surface area contributed by atoms with Gasteiger partial charge in [0.25, 0.3) is 0 Å². The van der Waals surface area contributed by atoms with Gasteiger partial charge in [-0.05, 0) is 32.9 Å². The van der Waals surface area contributed by atoms with Gasteiger partial charge < -0.3 is 14.6 Å². The first-order valence-electron chi connectivity index (χ1n) is 6.70. The summed E-state index contributed by atoms with van der Waals surface area (Å²) in [5.41, 5.74) is 0.639. The van der Waals surface area contributed by atoms with Crippen molar-refractivity contribution in [1.82, 2.24) is 4.90 Å². The van der Waals surface area contributed by atoms with Crippen LogP contribution in [0.4, 0.5) is 0 Å². The van der Waals surface area contributed by atoms with E-state index in [1.165, 1.54) is 0 Å². The number of aryl methyl sites for hydroxylation is 1. The van der Waals surface area contributed by atoms with Crippen LogP contribution in [0.25, 0.3) is 0 Å². The maximum absolute atomic E-state index is 10.9. The highest BCUT2D eigenvalue weighted by atomic mass is 16.4. The normalized spacial score (nSPS) is 23.8. The van der Waals surface area contributed by atoms with Gasteiger partial charge in [-0.15, -0.1) is 0 Å². The van der Waals surface area contributed by atoms with Crippen molar-refractivity contribution in [2.45, 2.75) is 51.3 Å². The summed E-state index contributed by atoms with van der Waals surface area (Å²) in [5.74, 6) is -0.396. The summed E-state index contributed by atoms with van der Waals surface area (Å²) in [6, 6.07) is 1.89. The van der Waals surface area contributed by atoms with Crippen molar-refractivity contribution in [2.75, 3.05) is 7.05 Å². The third-order valence-electron chi connectivity index (χ3n) is 3.83. The van der Waals surface area contributed by atoms with Gasteiger partial charge in [0.15, 0.2) is 0 Å². The predicted molar refractivity (Wildman–Crippen MR) is 70.1 cm³/mol. The summed E-state index contributed by atoms with van der Waals surface area (Å²) in [5, 5.41) is 19.0. The number of aliphatic hydroxyl groups is 1. The molecule has 19 heavy (non-hydrogen) atoms. The Morgan fingerprint density at radius 1 is 1.47 bits per heavy atom. The third kappa shape index (κ3) is 3.16. The molecule has 0 saturated heterocycles. The molecule has 2 atom stereocenters. The molecule has 0 bridgehead atoms. The van der Waals surface area contributed by atoms with E-state index in [0.717, 1.165) is 25.7 Å². The Balaban J connectivity index is 2.04.